The molecule has 17 aromatic rings. The second-order valence-corrected chi connectivity index (χ2v) is 36.0. The summed E-state index contributed by atoms with van der Waals surface area (Å²) in [6.45, 7) is 17.3. The number of aromatic nitrogens is 18. The van der Waals surface area contributed by atoms with Crippen LogP contribution in [0.15, 0.2) is 226 Å². The van der Waals surface area contributed by atoms with E-state index < -0.39 is 0 Å². The maximum absolute atomic E-state index is 14.5. The highest BCUT2D eigenvalue weighted by Gasteiger charge is 2.29. The number of H-pyrrole nitrogens is 1. The van der Waals surface area contributed by atoms with Crippen LogP contribution in [0.2, 0.25) is 0 Å². The minimum atomic E-state index is -0.353. The molecule has 0 bridgehead atoms. The summed E-state index contributed by atoms with van der Waals surface area (Å²) in [5.41, 5.74) is 21.7. The van der Waals surface area contributed by atoms with E-state index in [9.17, 15) is 14.8 Å². The van der Waals surface area contributed by atoms with E-state index in [0.29, 0.717) is 43.0 Å². The van der Waals surface area contributed by atoms with E-state index in [4.69, 9.17) is 58.2 Å². The molecule has 760 valence electrons. The number of likely N-dealkylation sites (tertiary alicyclic amines) is 2. The fourth-order valence-corrected chi connectivity index (χ4v) is 18.3. The number of halogens is 1. The molecular weight excluding hydrogens is 1870 g/mol. The second kappa shape index (κ2) is 49.7. The Morgan fingerprint density at radius 3 is 1.24 bits per heavy atom. The molecule has 37 heteroatoms. The first kappa shape index (κ1) is 105. The average molecular weight is 2000 g/mol. The highest BCUT2D eigenvalue weighted by molar-refractivity contribution is 7.59. The first-order valence-corrected chi connectivity index (χ1v) is 48.6. The molecule has 4 N–H and O–H groups in total. The van der Waals surface area contributed by atoms with Crippen molar-refractivity contribution in [3.05, 3.63) is 243 Å². The number of ether oxygens (including phenoxy) is 7. The molecule has 19 rings (SSSR count). The maximum Gasteiger partial charge on any atom is 0.204 e. The minimum absolute atomic E-state index is 0. The van der Waals surface area contributed by atoms with Gasteiger partial charge in [0.2, 0.25) is 6.20 Å². The van der Waals surface area contributed by atoms with Crippen LogP contribution in [-0.2, 0) is 34.2 Å². The smallest absolute Gasteiger partial charge is 0.204 e. The van der Waals surface area contributed by atoms with Crippen LogP contribution < -0.4 is 62.8 Å². The standard InChI is InChI=1S/2C28H31N7O2.C27H31FN6O2.C26H32N6O3.H2S/c1-19-17-34(20(2)31-19)9-6-10-35(23-11-24(36-4)14-25(12-23)37-5)22-7-8-26-27(13-22)32-28(16-29-26)21-15-30-33(3)18-21;1-33-19-20(17-31-33)28-18-30-26-7-6-22(15-27(26)32-28)35(12-11-34-10-4-5-21(34)8-9-29)23-13-24(36-2)16-25(14-23)37-3;1-32-17-19(15-30-32)27-16-29-25-7-6-21(14-26(25)31-27)34(23-11-20(28)12-24(13-23)36-2)10-4-9-33-8-3-5-22(33)18-35;1-18(2)27-7-8-32(21-11-22(34-3)14-23(12-21)35-4)20-5-6-24-25(13-20)30-26(16-28-24)19-15-29-31(17-19)9-10-33;/h7-8,11-18H,6,9-10H2,1-5H3;6-7,13-19,21H,4-5,8,10-12H2,1-3H3;6-7,11-17,22,35H,3-5,8-10,18H2,1-2H3;5-6,11-18,27,33H,7-10H2,1-4H3;1H2/p+1/t;21-;22-;;/m.10../s1. The molecule has 2 fully saturated rings. The number of fused-ring (bicyclic) bond motifs is 4. The predicted octanol–water partition coefficient (Wildman–Crippen LogP) is 17.0. The lowest BCUT2D eigenvalue weighted by Crippen LogP contribution is -2.36. The number of aliphatic hydroxyl groups excluding tert-OH is 2. The molecule has 11 heterocycles. The number of hydrogen-bond donors (Lipinski definition) is 4. The zero-order valence-electron chi connectivity index (χ0n) is 85.1. The number of aryl methyl sites for hydroxylation is 6. The molecule has 0 radical (unpaired) electrons. The van der Waals surface area contributed by atoms with Crippen molar-refractivity contribution in [3.63, 3.8) is 0 Å². The van der Waals surface area contributed by atoms with Crippen LogP contribution in [0.25, 0.3) is 89.2 Å². The van der Waals surface area contributed by atoms with E-state index in [0.717, 1.165) is 272 Å². The Morgan fingerprint density at radius 1 is 0.452 bits per heavy atom. The van der Waals surface area contributed by atoms with Crippen LogP contribution in [0.4, 0.5) is 49.9 Å². The Hall–Kier alpha value is -15.5. The van der Waals surface area contributed by atoms with Gasteiger partial charge in [0.15, 0.2) is 7.05 Å². The van der Waals surface area contributed by atoms with Crippen LogP contribution in [0.5, 0.6) is 40.2 Å². The molecule has 146 heavy (non-hydrogen) atoms. The van der Waals surface area contributed by atoms with Crippen molar-refractivity contribution in [1.29, 1.82) is 5.26 Å². The normalized spacial score (nSPS) is 13.4. The van der Waals surface area contributed by atoms with Crippen molar-refractivity contribution in [2.75, 3.05) is 141 Å². The third-order valence-electron chi connectivity index (χ3n) is 25.7. The van der Waals surface area contributed by atoms with E-state index in [-0.39, 0.29) is 38.6 Å². The van der Waals surface area contributed by atoms with E-state index >= 15 is 0 Å². The number of aromatic amines is 1. The van der Waals surface area contributed by atoms with Crippen LogP contribution >= 0.6 is 13.5 Å². The van der Waals surface area contributed by atoms with Gasteiger partial charge in [-0.25, -0.2) is 29.3 Å². The molecule has 2 aliphatic heterocycles. The summed E-state index contributed by atoms with van der Waals surface area (Å²) in [4.78, 5) is 56.1. The van der Waals surface area contributed by atoms with Crippen LogP contribution in [0.3, 0.4) is 0 Å². The Balaban J connectivity index is 0.000000146. The maximum atomic E-state index is 14.5. The third kappa shape index (κ3) is 26.4. The lowest BCUT2D eigenvalue weighted by Gasteiger charge is -2.30. The van der Waals surface area contributed by atoms with Gasteiger partial charge in [0, 0.05) is 238 Å². The minimum Gasteiger partial charge on any atom is -0.497 e. The Morgan fingerprint density at radius 2 is 0.849 bits per heavy atom. The molecule has 0 unspecified atom stereocenters. The molecule has 9 aromatic heterocycles. The van der Waals surface area contributed by atoms with Crippen molar-refractivity contribution in [1.82, 2.24) is 99.0 Å². The summed E-state index contributed by atoms with van der Waals surface area (Å²) < 4.78 is 62.4. The quantitative estimate of drug-likeness (QED) is 0.0261. The van der Waals surface area contributed by atoms with Gasteiger partial charge in [0.25, 0.3) is 0 Å². The number of rotatable bonds is 38. The summed E-state index contributed by atoms with van der Waals surface area (Å²) in [7, 11) is 17.2. The number of anilines is 8. The SMILES string of the molecule is COc1cc(F)cc(N(CCCN2CCC[C@H]2CO)c2ccc3ncc(-c4cnn(C)c4)nc3c2)c1.COc1cc(OC)cc(N(CCCn2cc(C)nc2C)c2ccc3ncc(-c4c[nH][n+](C)c4)nc3c2)c1.COc1cc(OC)cc(N(CCN2CCC[C@@H]2CC#N)c2ccc3ncc(-c4cnn(C)c4)nc3c2)c1.COc1cc(OC)cc(N(CCNC(C)C)c2ccc3ncc(-c4cnn(CCO)c4)nc3c2)c1.S. The number of nitrogens with zero attached hydrogens (tertiary/aromatic N) is 24. The largest absolute Gasteiger partial charge is 0.497 e. The van der Waals surface area contributed by atoms with Crippen molar-refractivity contribution in [2.45, 2.75) is 104 Å². The fourth-order valence-electron chi connectivity index (χ4n) is 18.3. The van der Waals surface area contributed by atoms with E-state index in [1.54, 1.807) is 93.9 Å². The number of benzene rings is 8. The molecule has 35 nitrogen and oxygen atoms in total. The third-order valence-corrected chi connectivity index (χ3v) is 25.7. The summed E-state index contributed by atoms with van der Waals surface area (Å²) >= 11 is 0. The van der Waals surface area contributed by atoms with Crippen molar-refractivity contribution in [2.24, 2.45) is 21.1 Å². The van der Waals surface area contributed by atoms with Gasteiger partial charge in [0.1, 0.15) is 51.9 Å². The van der Waals surface area contributed by atoms with E-state index in [1.165, 1.54) is 19.2 Å². The van der Waals surface area contributed by atoms with Gasteiger partial charge < -0.3 is 72.9 Å². The number of imidazole rings is 1. The number of nitriles is 1. The number of methoxy groups -OCH3 is 7. The van der Waals surface area contributed by atoms with Gasteiger partial charge in [-0.05, 0) is 144 Å². The Labute approximate surface area is 856 Å². The molecule has 0 aliphatic carbocycles. The highest BCUT2D eigenvalue weighted by atomic mass is 32.1. The number of nitrogens with one attached hydrogen (secondary N) is 2. The monoisotopic (exact) mass is 2000 g/mol. The van der Waals surface area contributed by atoms with Gasteiger partial charge in [-0.1, -0.05) is 13.8 Å². The lowest BCUT2D eigenvalue weighted by atomic mass is 10.1. The Kier molecular flexibility index (Phi) is 35.7. The van der Waals surface area contributed by atoms with Crippen molar-refractivity contribution >= 4 is 103 Å². The number of hydrogen-bond acceptors (Lipinski definition) is 29. The predicted molar refractivity (Wildman–Crippen MR) is 572 cm³/mol. The van der Waals surface area contributed by atoms with E-state index in [1.807, 2.05) is 180 Å². The van der Waals surface area contributed by atoms with Gasteiger partial charge >= 0.3 is 0 Å². The second-order valence-electron chi connectivity index (χ2n) is 36.0. The summed E-state index contributed by atoms with van der Waals surface area (Å²) in [5, 5.41) is 47.5. The molecule has 0 amide bonds. The molecule has 2 atom stereocenters. The van der Waals surface area contributed by atoms with Gasteiger partial charge in [0.05, 0.1) is 210 Å². The summed E-state index contributed by atoms with van der Waals surface area (Å²) in [5.74, 6) is 5.52. The highest BCUT2D eigenvalue weighted by Crippen LogP contribution is 2.41. The molecular formula is C109H128FN26O9S+. The zero-order valence-corrected chi connectivity index (χ0v) is 86.1. The van der Waals surface area contributed by atoms with Gasteiger partial charge in [-0.2, -0.15) is 39.2 Å². The van der Waals surface area contributed by atoms with Crippen molar-refractivity contribution in [3.8, 4) is 91.3 Å². The fraction of sp³-hybridized carbons (Fsp3) is 0.339. The van der Waals surface area contributed by atoms with Gasteiger partial charge in [-0.3, -0.25) is 43.8 Å². The number of aliphatic hydroxyl groups is 2. The van der Waals surface area contributed by atoms with Crippen molar-refractivity contribution < 1.29 is 52.4 Å². The molecule has 2 aliphatic rings. The topological polar surface area (TPSA) is 354 Å². The zero-order chi connectivity index (χ0) is 102. The molecule has 0 spiro atoms. The van der Waals surface area contributed by atoms with Crippen LogP contribution in [0, 0.1) is 31.0 Å². The summed E-state index contributed by atoms with van der Waals surface area (Å²) in [6, 6.07) is 50.1. The summed E-state index contributed by atoms with van der Waals surface area (Å²) in [6.07, 6.45) is 30.8. The van der Waals surface area contributed by atoms with Crippen LogP contribution in [-0.4, -0.2) is 244 Å². The molecule has 2 saturated heterocycles. The van der Waals surface area contributed by atoms with Gasteiger partial charge in [-0.15, -0.1) is 4.68 Å². The van der Waals surface area contributed by atoms with Crippen LogP contribution in [0.1, 0.15) is 70.3 Å². The van der Waals surface area contributed by atoms with E-state index in [2.05, 4.69) is 141 Å². The lowest BCUT2D eigenvalue weighted by molar-refractivity contribution is -0.726. The average Bonchev–Trinajstić information content (AvgIpc) is 1.43. The Bertz CT molecular complexity index is 7230. The molecule has 8 aromatic carbocycles. The molecule has 0 saturated carbocycles. The first-order valence-electron chi connectivity index (χ1n) is 48.6. The first-order chi connectivity index (χ1) is 70.5.